The van der Waals surface area contributed by atoms with Crippen LogP contribution in [0.25, 0.3) is 0 Å². The molecule has 0 aliphatic carbocycles. The van der Waals surface area contributed by atoms with Gasteiger partial charge in [0.25, 0.3) is 0 Å². The summed E-state index contributed by atoms with van der Waals surface area (Å²) in [5.41, 5.74) is 7.17. The zero-order valence-corrected chi connectivity index (χ0v) is 12.2. The molecule has 0 heterocycles. The molecule has 1 aromatic carbocycles. The van der Waals surface area contributed by atoms with Gasteiger partial charge in [-0.3, -0.25) is 0 Å². The number of methoxy groups -OCH3 is 1. The number of nitrogens with two attached hydrogens (primary N) is 1. The van der Waals surface area contributed by atoms with E-state index in [1.165, 1.54) is 4.90 Å². The highest BCUT2D eigenvalue weighted by molar-refractivity contribution is 8.00. The second kappa shape index (κ2) is 6.31. The van der Waals surface area contributed by atoms with E-state index in [1.807, 2.05) is 30.8 Å². The molecule has 0 radical (unpaired) electrons. The highest BCUT2D eigenvalue weighted by Gasteiger charge is 2.16. The summed E-state index contributed by atoms with van der Waals surface area (Å²) in [6.07, 6.45) is 0. The van der Waals surface area contributed by atoms with Crippen molar-refractivity contribution in [2.45, 2.75) is 43.9 Å². The highest BCUT2D eigenvalue weighted by atomic mass is 32.2. The van der Waals surface area contributed by atoms with Gasteiger partial charge >= 0.3 is 0 Å². The van der Waals surface area contributed by atoms with Gasteiger partial charge in [-0.15, -0.1) is 11.8 Å². The van der Waals surface area contributed by atoms with Crippen molar-refractivity contribution in [1.82, 2.24) is 0 Å². The number of hydrogen-bond acceptors (Lipinski definition) is 3. The second-order valence-corrected chi connectivity index (χ2v) is 6.15. The fraction of sp³-hybridized carbons (Fsp3) is 0.571. The van der Waals surface area contributed by atoms with E-state index in [2.05, 4.69) is 26.8 Å². The van der Waals surface area contributed by atoms with Gasteiger partial charge in [-0.2, -0.15) is 0 Å². The predicted molar refractivity (Wildman–Crippen MR) is 75.8 cm³/mol. The lowest BCUT2D eigenvalue weighted by molar-refractivity contribution is 0.405. The van der Waals surface area contributed by atoms with E-state index in [1.54, 1.807) is 7.11 Å². The Morgan fingerprint density at radius 2 is 1.82 bits per heavy atom. The van der Waals surface area contributed by atoms with Crippen LogP contribution in [-0.2, 0) is 0 Å². The van der Waals surface area contributed by atoms with Gasteiger partial charge in [0.2, 0.25) is 0 Å². The lowest BCUT2D eigenvalue weighted by Crippen LogP contribution is -2.11. The molecule has 2 unspecified atom stereocenters. The van der Waals surface area contributed by atoms with Crippen molar-refractivity contribution in [3.05, 3.63) is 23.8 Å². The summed E-state index contributed by atoms with van der Waals surface area (Å²) in [7, 11) is 1.70. The minimum absolute atomic E-state index is 0.00647. The van der Waals surface area contributed by atoms with Crippen LogP contribution in [0, 0.1) is 5.92 Å². The molecule has 3 heteroatoms. The van der Waals surface area contributed by atoms with Gasteiger partial charge in [0.05, 0.1) is 7.11 Å². The first-order chi connectivity index (χ1) is 7.97. The fourth-order valence-corrected chi connectivity index (χ4v) is 2.83. The smallest absolute Gasteiger partial charge is 0.124 e. The SMILES string of the molecule is COc1cccc(SC(C)C(C)C)c1C(C)N. The molecule has 0 saturated carbocycles. The second-order valence-electron chi connectivity index (χ2n) is 4.73. The molecular formula is C14H23NOS. The van der Waals surface area contributed by atoms with Crippen molar-refractivity contribution in [2.75, 3.05) is 7.11 Å². The van der Waals surface area contributed by atoms with Crippen molar-refractivity contribution in [3.63, 3.8) is 0 Å². The van der Waals surface area contributed by atoms with E-state index in [9.17, 15) is 0 Å². The molecule has 0 spiro atoms. The summed E-state index contributed by atoms with van der Waals surface area (Å²) in [6, 6.07) is 6.13. The molecule has 2 nitrogen and oxygen atoms in total. The van der Waals surface area contributed by atoms with E-state index in [4.69, 9.17) is 10.5 Å². The Hall–Kier alpha value is -0.670. The van der Waals surface area contributed by atoms with Crippen LogP contribution in [0.3, 0.4) is 0 Å². The van der Waals surface area contributed by atoms with Crippen molar-refractivity contribution in [3.8, 4) is 5.75 Å². The molecular weight excluding hydrogens is 230 g/mol. The Morgan fingerprint density at radius 3 is 2.29 bits per heavy atom. The molecule has 96 valence electrons. The Balaban J connectivity index is 3.06. The standard InChI is InChI=1S/C14H23NOS/c1-9(2)11(4)17-13-8-6-7-12(16-5)14(13)10(3)15/h6-11H,15H2,1-5H3. The third kappa shape index (κ3) is 3.65. The van der Waals surface area contributed by atoms with Crippen molar-refractivity contribution in [2.24, 2.45) is 11.7 Å². The van der Waals surface area contributed by atoms with Gasteiger partial charge in [-0.25, -0.2) is 0 Å². The summed E-state index contributed by atoms with van der Waals surface area (Å²) >= 11 is 1.88. The van der Waals surface area contributed by atoms with Crippen molar-refractivity contribution >= 4 is 11.8 Å². The van der Waals surface area contributed by atoms with E-state index in [0.29, 0.717) is 11.2 Å². The van der Waals surface area contributed by atoms with Crippen molar-refractivity contribution in [1.29, 1.82) is 0 Å². The topological polar surface area (TPSA) is 35.2 Å². The van der Waals surface area contributed by atoms with Crippen LogP contribution in [0.15, 0.2) is 23.1 Å². The lowest BCUT2D eigenvalue weighted by atomic mass is 10.1. The quantitative estimate of drug-likeness (QED) is 0.809. The summed E-state index contributed by atoms with van der Waals surface area (Å²) in [4.78, 5) is 1.24. The van der Waals surface area contributed by atoms with Crippen LogP contribution < -0.4 is 10.5 Å². The van der Waals surface area contributed by atoms with Crippen LogP contribution in [0.1, 0.15) is 39.3 Å². The van der Waals surface area contributed by atoms with Gasteiger partial charge in [0.1, 0.15) is 5.75 Å². The molecule has 0 saturated heterocycles. The Bertz CT molecular complexity index is 363. The van der Waals surface area contributed by atoms with E-state index in [0.717, 1.165) is 11.3 Å². The van der Waals surface area contributed by atoms with E-state index < -0.39 is 0 Å². The number of benzene rings is 1. The van der Waals surface area contributed by atoms with E-state index in [-0.39, 0.29) is 6.04 Å². The molecule has 2 atom stereocenters. The Morgan fingerprint density at radius 1 is 1.18 bits per heavy atom. The first-order valence-electron chi connectivity index (χ1n) is 6.06. The largest absolute Gasteiger partial charge is 0.496 e. The molecule has 0 bridgehead atoms. The van der Waals surface area contributed by atoms with Crippen LogP contribution in [-0.4, -0.2) is 12.4 Å². The Labute approximate surface area is 109 Å². The van der Waals surface area contributed by atoms with Crippen LogP contribution >= 0.6 is 11.8 Å². The maximum atomic E-state index is 6.05. The lowest BCUT2D eigenvalue weighted by Gasteiger charge is -2.20. The molecule has 0 fully saturated rings. The van der Waals surface area contributed by atoms with Gasteiger partial charge in [0.15, 0.2) is 0 Å². The molecule has 0 aliphatic rings. The summed E-state index contributed by atoms with van der Waals surface area (Å²) in [6.45, 7) is 8.73. The van der Waals surface area contributed by atoms with Crippen LogP contribution in [0.4, 0.5) is 0 Å². The normalized spacial score (nSPS) is 14.8. The number of ether oxygens (including phenoxy) is 1. The fourth-order valence-electron chi connectivity index (χ4n) is 1.59. The molecule has 0 aliphatic heterocycles. The molecule has 0 amide bonds. The van der Waals surface area contributed by atoms with E-state index >= 15 is 0 Å². The molecule has 1 aromatic rings. The molecule has 1 rings (SSSR count). The summed E-state index contributed by atoms with van der Waals surface area (Å²) in [5, 5.41) is 0.569. The Kier molecular flexibility index (Phi) is 5.34. The van der Waals surface area contributed by atoms with Gasteiger partial charge in [-0.1, -0.05) is 26.8 Å². The average Bonchev–Trinajstić information content (AvgIpc) is 2.27. The zero-order valence-electron chi connectivity index (χ0n) is 11.4. The van der Waals surface area contributed by atoms with Gasteiger partial charge in [0, 0.05) is 21.8 Å². The monoisotopic (exact) mass is 253 g/mol. The number of thioether (sulfide) groups is 1. The van der Waals surface area contributed by atoms with Crippen molar-refractivity contribution < 1.29 is 4.74 Å². The molecule has 0 aromatic heterocycles. The van der Waals surface area contributed by atoms with Gasteiger partial charge < -0.3 is 10.5 Å². The minimum atomic E-state index is -0.00647. The highest BCUT2D eigenvalue weighted by Crippen LogP contribution is 2.37. The zero-order chi connectivity index (χ0) is 13.0. The average molecular weight is 253 g/mol. The third-order valence-electron chi connectivity index (χ3n) is 2.95. The number of rotatable bonds is 5. The molecule has 17 heavy (non-hydrogen) atoms. The summed E-state index contributed by atoms with van der Waals surface area (Å²) in [5.74, 6) is 1.54. The molecule has 2 N–H and O–H groups in total. The predicted octanol–water partition coefficient (Wildman–Crippen LogP) is 3.85. The first kappa shape index (κ1) is 14.4. The third-order valence-corrected chi connectivity index (χ3v) is 4.48. The minimum Gasteiger partial charge on any atom is -0.496 e. The maximum absolute atomic E-state index is 6.05. The van der Waals surface area contributed by atoms with Crippen LogP contribution in [0.2, 0.25) is 0 Å². The van der Waals surface area contributed by atoms with Gasteiger partial charge in [-0.05, 0) is 25.0 Å². The number of hydrogen-bond donors (Lipinski definition) is 1. The maximum Gasteiger partial charge on any atom is 0.124 e. The summed E-state index contributed by atoms with van der Waals surface area (Å²) < 4.78 is 5.40. The first-order valence-corrected chi connectivity index (χ1v) is 6.94. The van der Waals surface area contributed by atoms with Crippen LogP contribution in [0.5, 0.6) is 5.75 Å².